The first kappa shape index (κ1) is 19.2. The first-order valence-electron chi connectivity index (χ1n) is 9.87. The van der Waals surface area contributed by atoms with Gasteiger partial charge >= 0.3 is 0 Å². The highest BCUT2D eigenvalue weighted by atomic mass is 16.2. The van der Waals surface area contributed by atoms with Crippen molar-refractivity contribution >= 4 is 11.8 Å². The lowest BCUT2D eigenvalue weighted by Crippen LogP contribution is -2.40. The van der Waals surface area contributed by atoms with E-state index in [9.17, 15) is 9.59 Å². The van der Waals surface area contributed by atoms with Crippen LogP contribution >= 0.6 is 0 Å². The zero-order valence-electron chi connectivity index (χ0n) is 15.7. The Morgan fingerprint density at radius 1 is 0.704 bits per heavy atom. The average Bonchev–Trinajstić information content (AvgIpc) is 3.20. The Balaban J connectivity index is 1.42. The third-order valence-electron chi connectivity index (χ3n) is 5.30. The van der Waals surface area contributed by atoms with Gasteiger partial charge in [0.15, 0.2) is 0 Å². The molecule has 2 aromatic carbocycles. The molecular weight excluding hydrogens is 336 g/mol. The molecule has 0 heterocycles. The van der Waals surface area contributed by atoms with Crippen molar-refractivity contribution in [3.8, 4) is 0 Å². The van der Waals surface area contributed by atoms with Crippen molar-refractivity contribution in [1.29, 1.82) is 0 Å². The van der Waals surface area contributed by atoms with Gasteiger partial charge in [-0.1, -0.05) is 67.1 Å². The van der Waals surface area contributed by atoms with E-state index >= 15 is 0 Å². The van der Waals surface area contributed by atoms with Crippen LogP contribution in [0.3, 0.4) is 0 Å². The molecule has 0 unspecified atom stereocenters. The quantitative estimate of drug-likeness (QED) is 0.756. The number of benzene rings is 2. The van der Waals surface area contributed by atoms with E-state index in [-0.39, 0.29) is 23.7 Å². The fraction of sp³-hybridized carbons (Fsp3) is 0.391. The van der Waals surface area contributed by atoms with Gasteiger partial charge in [0.25, 0.3) is 0 Å². The normalized spacial score (nSPS) is 18.8. The standard InChI is InChI=1S/C23H28N2O2/c26-22(24-16-14-18-8-3-1-4-9-18)20-12-7-13-21(20)23(27)25-17-15-19-10-5-2-6-11-19/h1-6,8-11,20-21H,7,12-17H2,(H,24,26)(H,25,27)/t20-,21-/m1/s1. The fourth-order valence-corrected chi connectivity index (χ4v) is 3.80. The summed E-state index contributed by atoms with van der Waals surface area (Å²) in [7, 11) is 0. The summed E-state index contributed by atoms with van der Waals surface area (Å²) in [6.07, 6.45) is 4.16. The second kappa shape index (κ2) is 9.91. The van der Waals surface area contributed by atoms with E-state index < -0.39 is 0 Å². The SMILES string of the molecule is O=C(NCCc1ccccc1)[C@@H]1CCC[C@H]1C(=O)NCCc1ccccc1. The molecule has 142 valence electrons. The molecule has 0 bridgehead atoms. The number of carbonyl (C=O) groups is 2. The minimum atomic E-state index is -0.197. The molecule has 3 rings (SSSR count). The summed E-state index contributed by atoms with van der Waals surface area (Å²) in [5, 5.41) is 6.04. The molecule has 0 aromatic heterocycles. The van der Waals surface area contributed by atoms with Crippen molar-refractivity contribution in [2.45, 2.75) is 32.1 Å². The van der Waals surface area contributed by atoms with Gasteiger partial charge in [0.05, 0.1) is 0 Å². The van der Waals surface area contributed by atoms with Crippen LogP contribution in [-0.2, 0) is 22.4 Å². The van der Waals surface area contributed by atoms with Gasteiger partial charge in [-0.2, -0.15) is 0 Å². The van der Waals surface area contributed by atoms with Crippen LogP contribution in [-0.4, -0.2) is 24.9 Å². The Hall–Kier alpha value is -2.62. The van der Waals surface area contributed by atoms with E-state index in [4.69, 9.17) is 0 Å². The lowest BCUT2D eigenvalue weighted by Gasteiger charge is -2.19. The Morgan fingerprint density at radius 3 is 1.52 bits per heavy atom. The minimum Gasteiger partial charge on any atom is -0.356 e. The van der Waals surface area contributed by atoms with E-state index in [0.717, 1.165) is 32.1 Å². The van der Waals surface area contributed by atoms with E-state index in [2.05, 4.69) is 34.9 Å². The highest BCUT2D eigenvalue weighted by molar-refractivity contribution is 5.88. The van der Waals surface area contributed by atoms with E-state index in [1.165, 1.54) is 11.1 Å². The Labute approximate surface area is 161 Å². The summed E-state index contributed by atoms with van der Waals surface area (Å²) in [6.45, 7) is 1.23. The maximum atomic E-state index is 12.6. The molecule has 2 aromatic rings. The molecule has 2 atom stereocenters. The summed E-state index contributed by atoms with van der Waals surface area (Å²) in [5.41, 5.74) is 2.42. The van der Waals surface area contributed by atoms with Gasteiger partial charge in [-0.15, -0.1) is 0 Å². The van der Waals surface area contributed by atoms with E-state index in [1.807, 2.05) is 36.4 Å². The molecule has 2 amide bonds. The molecule has 4 heteroatoms. The van der Waals surface area contributed by atoms with Gasteiger partial charge in [-0.3, -0.25) is 9.59 Å². The molecule has 1 saturated carbocycles. The molecule has 2 N–H and O–H groups in total. The van der Waals surface area contributed by atoms with Gasteiger partial charge < -0.3 is 10.6 Å². The second-order valence-corrected chi connectivity index (χ2v) is 7.20. The zero-order chi connectivity index (χ0) is 18.9. The highest BCUT2D eigenvalue weighted by Crippen LogP contribution is 2.32. The third-order valence-corrected chi connectivity index (χ3v) is 5.30. The van der Waals surface area contributed by atoms with Crippen molar-refractivity contribution in [1.82, 2.24) is 10.6 Å². The number of hydrogen-bond acceptors (Lipinski definition) is 2. The number of amides is 2. The van der Waals surface area contributed by atoms with E-state index in [0.29, 0.717) is 13.1 Å². The van der Waals surface area contributed by atoms with Gasteiger partial charge in [0.2, 0.25) is 11.8 Å². The van der Waals surface area contributed by atoms with Crippen LogP contribution in [0, 0.1) is 11.8 Å². The van der Waals surface area contributed by atoms with Crippen molar-refractivity contribution in [3.05, 3.63) is 71.8 Å². The summed E-state index contributed by atoms with van der Waals surface area (Å²) in [4.78, 5) is 25.1. The van der Waals surface area contributed by atoms with Crippen LogP contribution in [0.4, 0.5) is 0 Å². The lowest BCUT2D eigenvalue weighted by atomic mass is 9.94. The second-order valence-electron chi connectivity index (χ2n) is 7.20. The van der Waals surface area contributed by atoms with Gasteiger partial charge in [-0.25, -0.2) is 0 Å². The van der Waals surface area contributed by atoms with Crippen LogP contribution in [0.15, 0.2) is 60.7 Å². The number of rotatable bonds is 8. The van der Waals surface area contributed by atoms with Crippen LogP contribution in [0.1, 0.15) is 30.4 Å². The van der Waals surface area contributed by atoms with Gasteiger partial charge in [0, 0.05) is 24.9 Å². The van der Waals surface area contributed by atoms with Crippen LogP contribution < -0.4 is 10.6 Å². The molecule has 0 saturated heterocycles. The van der Waals surface area contributed by atoms with Crippen molar-refractivity contribution in [2.75, 3.05) is 13.1 Å². The Bertz CT molecular complexity index is 667. The average molecular weight is 364 g/mol. The Morgan fingerprint density at radius 2 is 1.11 bits per heavy atom. The zero-order valence-corrected chi connectivity index (χ0v) is 15.7. The molecule has 1 fully saturated rings. The molecular formula is C23H28N2O2. The number of carbonyl (C=O) groups excluding carboxylic acids is 2. The van der Waals surface area contributed by atoms with Gasteiger partial charge in [0.1, 0.15) is 0 Å². The van der Waals surface area contributed by atoms with Crippen molar-refractivity contribution in [3.63, 3.8) is 0 Å². The topological polar surface area (TPSA) is 58.2 Å². The van der Waals surface area contributed by atoms with Crippen molar-refractivity contribution in [2.24, 2.45) is 11.8 Å². The molecule has 0 radical (unpaired) electrons. The summed E-state index contributed by atoms with van der Waals surface area (Å²) in [6, 6.07) is 20.2. The molecule has 1 aliphatic carbocycles. The van der Waals surface area contributed by atoms with E-state index in [1.54, 1.807) is 0 Å². The monoisotopic (exact) mass is 364 g/mol. The predicted octanol–water partition coefficient (Wildman–Crippen LogP) is 3.12. The molecule has 4 nitrogen and oxygen atoms in total. The maximum absolute atomic E-state index is 12.6. The minimum absolute atomic E-state index is 0.0200. The summed E-state index contributed by atoms with van der Waals surface area (Å²) in [5.74, 6) is -0.353. The van der Waals surface area contributed by atoms with Crippen molar-refractivity contribution < 1.29 is 9.59 Å². The smallest absolute Gasteiger partial charge is 0.223 e. The first-order chi connectivity index (χ1) is 13.2. The summed E-state index contributed by atoms with van der Waals surface area (Å²) >= 11 is 0. The summed E-state index contributed by atoms with van der Waals surface area (Å²) < 4.78 is 0. The number of hydrogen-bond donors (Lipinski definition) is 2. The molecule has 27 heavy (non-hydrogen) atoms. The lowest BCUT2D eigenvalue weighted by molar-refractivity contribution is -0.133. The first-order valence-corrected chi connectivity index (χ1v) is 9.87. The predicted molar refractivity (Wildman–Crippen MR) is 107 cm³/mol. The largest absolute Gasteiger partial charge is 0.356 e. The van der Waals surface area contributed by atoms with Gasteiger partial charge in [-0.05, 0) is 36.8 Å². The Kier molecular flexibility index (Phi) is 7.03. The third kappa shape index (κ3) is 5.68. The molecule has 1 aliphatic rings. The fourth-order valence-electron chi connectivity index (χ4n) is 3.80. The maximum Gasteiger partial charge on any atom is 0.223 e. The van der Waals surface area contributed by atoms with Crippen LogP contribution in [0.2, 0.25) is 0 Å². The van der Waals surface area contributed by atoms with Crippen LogP contribution in [0.25, 0.3) is 0 Å². The molecule has 0 aliphatic heterocycles. The molecule has 0 spiro atoms. The van der Waals surface area contributed by atoms with Crippen LogP contribution in [0.5, 0.6) is 0 Å². The highest BCUT2D eigenvalue weighted by Gasteiger charge is 2.37. The number of nitrogens with one attached hydrogen (secondary N) is 2.